The van der Waals surface area contributed by atoms with Crippen LogP contribution in [0.15, 0.2) is 24.4 Å². The second kappa shape index (κ2) is 6.93. The largest absolute Gasteiger partial charge is 0.382 e. The summed E-state index contributed by atoms with van der Waals surface area (Å²) in [5, 5.41) is 9.92. The lowest BCUT2D eigenvalue weighted by molar-refractivity contribution is 0.165. The number of anilines is 1. The zero-order valence-corrected chi connectivity index (χ0v) is 14.4. The van der Waals surface area contributed by atoms with Crippen molar-refractivity contribution in [2.45, 2.75) is 13.0 Å². The van der Waals surface area contributed by atoms with E-state index in [4.69, 9.17) is 4.74 Å². The summed E-state index contributed by atoms with van der Waals surface area (Å²) in [5.74, 6) is 0. The Bertz CT molecular complexity index is 859. The molecule has 2 amide bonds. The Morgan fingerprint density at radius 2 is 2.21 bits per heavy atom. The molecule has 0 spiro atoms. The summed E-state index contributed by atoms with van der Waals surface area (Å²) in [6.07, 6.45) is 1.68. The van der Waals surface area contributed by atoms with Crippen molar-refractivity contribution < 1.29 is 9.53 Å². The second-order valence-electron chi connectivity index (χ2n) is 5.38. The number of carbonyl (C=O) groups excluding carboxylic acids is 1. The molecule has 0 radical (unpaired) electrons. The monoisotopic (exact) mass is 346 g/mol. The van der Waals surface area contributed by atoms with E-state index in [0.717, 1.165) is 28.5 Å². The smallest absolute Gasteiger partial charge is 0.319 e. The number of nitrogens with one attached hydrogen (secondary N) is 2. The summed E-state index contributed by atoms with van der Waals surface area (Å²) >= 11 is 1.12. The van der Waals surface area contributed by atoms with Crippen LogP contribution in [0.25, 0.3) is 11.0 Å². The molecule has 0 bridgehead atoms. The van der Waals surface area contributed by atoms with E-state index in [1.165, 1.54) is 0 Å². The first-order valence-corrected chi connectivity index (χ1v) is 8.09. The van der Waals surface area contributed by atoms with Gasteiger partial charge >= 0.3 is 6.03 Å². The highest BCUT2D eigenvalue weighted by Gasteiger charge is 2.19. The van der Waals surface area contributed by atoms with Gasteiger partial charge in [0.2, 0.25) is 0 Å². The molecule has 0 saturated heterocycles. The van der Waals surface area contributed by atoms with E-state index in [9.17, 15) is 4.79 Å². The van der Waals surface area contributed by atoms with Gasteiger partial charge in [0.25, 0.3) is 0 Å². The number of ether oxygens (including phenoxy) is 1. The van der Waals surface area contributed by atoms with Crippen LogP contribution < -0.4 is 10.6 Å². The minimum Gasteiger partial charge on any atom is -0.382 e. The molecule has 0 aliphatic rings. The number of urea groups is 1. The highest BCUT2D eigenvalue weighted by Crippen LogP contribution is 2.25. The number of carbonyl (C=O) groups is 1. The lowest BCUT2D eigenvalue weighted by atomic mass is 10.1. The van der Waals surface area contributed by atoms with Crippen molar-refractivity contribution in [3.8, 4) is 0 Å². The third kappa shape index (κ3) is 3.22. The molecule has 126 valence electrons. The van der Waals surface area contributed by atoms with E-state index in [1.54, 1.807) is 18.0 Å². The van der Waals surface area contributed by atoms with Gasteiger partial charge in [-0.2, -0.15) is 13.8 Å². The molecule has 0 aliphatic carbocycles. The molecule has 0 saturated carbocycles. The molecule has 3 aromatic rings. The number of hydrogen-bond acceptors (Lipinski definition) is 6. The Hall–Kier alpha value is -2.52. The lowest BCUT2D eigenvalue weighted by Gasteiger charge is -2.19. The standard InChI is InChI=1S/C15H18N6O2S/c1-9-4-5-10-14(20-24-19-10)13(9)18-15(22)17-11(8-23-3)12-6-7-16-21(12)2/h4-7,11H,8H2,1-3H3,(H2,17,18,22). The first-order valence-electron chi connectivity index (χ1n) is 7.36. The molecule has 0 aliphatic heterocycles. The van der Waals surface area contributed by atoms with Crippen LogP contribution in [-0.2, 0) is 11.8 Å². The molecular weight excluding hydrogens is 328 g/mol. The topological polar surface area (TPSA) is 94.0 Å². The van der Waals surface area contributed by atoms with Gasteiger partial charge in [0.05, 0.1) is 35.8 Å². The van der Waals surface area contributed by atoms with Gasteiger partial charge in [0, 0.05) is 20.4 Å². The van der Waals surface area contributed by atoms with Crippen molar-refractivity contribution in [2.24, 2.45) is 7.05 Å². The maximum atomic E-state index is 12.5. The summed E-state index contributed by atoms with van der Waals surface area (Å²) in [7, 11) is 3.41. The van der Waals surface area contributed by atoms with Crippen LogP contribution >= 0.6 is 11.7 Å². The summed E-state index contributed by atoms with van der Waals surface area (Å²) in [6, 6.07) is 5.01. The van der Waals surface area contributed by atoms with Crippen molar-refractivity contribution in [3.63, 3.8) is 0 Å². The molecule has 1 atom stereocenters. The summed E-state index contributed by atoms with van der Waals surface area (Å²) in [5.41, 5.74) is 3.91. The van der Waals surface area contributed by atoms with Crippen molar-refractivity contribution in [1.29, 1.82) is 0 Å². The predicted octanol–water partition coefficient (Wildman–Crippen LogP) is 2.24. The Morgan fingerprint density at radius 1 is 1.38 bits per heavy atom. The Kier molecular flexibility index (Phi) is 4.72. The Morgan fingerprint density at radius 3 is 2.92 bits per heavy atom. The average Bonchev–Trinajstić information content (AvgIpc) is 3.18. The maximum Gasteiger partial charge on any atom is 0.319 e. The van der Waals surface area contributed by atoms with Crippen LogP contribution in [0.4, 0.5) is 10.5 Å². The third-order valence-corrected chi connectivity index (χ3v) is 4.27. The molecule has 3 rings (SSSR count). The van der Waals surface area contributed by atoms with Crippen LogP contribution in [0, 0.1) is 6.92 Å². The van der Waals surface area contributed by atoms with Crippen molar-refractivity contribution in [2.75, 3.05) is 19.0 Å². The summed E-state index contributed by atoms with van der Waals surface area (Å²) in [6.45, 7) is 2.26. The average molecular weight is 346 g/mol. The van der Waals surface area contributed by atoms with E-state index < -0.39 is 0 Å². The van der Waals surface area contributed by atoms with Gasteiger partial charge < -0.3 is 15.4 Å². The summed E-state index contributed by atoms with van der Waals surface area (Å²) < 4.78 is 15.4. The van der Waals surface area contributed by atoms with E-state index in [2.05, 4.69) is 24.5 Å². The van der Waals surface area contributed by atoms with E-state index in [0.29, 0.717) is 17.8 Å². The van der Waals surface area contributed by atoms with E-state index in [-0.39, 0.29) is 12.1 Å². The zero-order valence-electron chi connectivity index (χ0n) is 13.6. The van der Waals surface area contributed by atoms with Gasteiger partial charge in [0.15, 0.2) is 0 Å². The van der Waals surface area contributed by atoms with Crippen molar-refractivity contribution in [1.82, 2.24) is 23.8 Å². The van der Waals surface area contributed by atoms with Gasteiger partial charge in [-0.15, -0.1) is 0 Å². The molecule has 2 N–H and O–H groups in total. The van der Waals surface area contributed by atoms with Gasteiger partial charge in [-0.25, -0.2) is 4.79 Å². The quantitative estimate of drug-likeness (QED) is 0.739. The fraction of sp³-hybridized carbons (Fsp3) is 0.333. The SMILES string of the molecule is COCC(NC(=O)Nc1c(C)ccc2nsnc12)c1ccnn1C. The number of aromatic nitrogens is 4. The van der Waals surface area contributed by atoms with Gasteiger partial charge in [0.1, 0.15) is 11.0 Å². The van der Waals surface area contributed by atoms with Crippen molar-refractivity contribution >= 4 is 34.5 Å². The van der Waals surface area contributed by atoms with E-state index >= 15 is 0 Å². The minimum atomic E-state index is -0.332. The van der Waals surface area contributed by atoms with Crippen LogP contribution in [0.2, 0.25) is 0 Å². The minimum absolute atomic E-state index is 0.310. The molecule has 2 heterocycles. The number of rotatable bonds is 5. The second-order valence-corrected chi connectivity index (χ2v) is 5.90. The number of benzene rings is 1. The number of hydrogen-bond donors (Lipinski definition) is 2. The van der Waals surface area contributed by atoms with Crippen LogP contribution in [-0.4, -0.2) is 38.3 Å². The molecular formula is C15H18N6O2S. The number of methoxy groups -OCH3 is 1. The summed E-state index contributed by atoms with van der Waals surface area (Å²) in [4.78, 5) is 12.5. The number of nitrogens with zero attached hydrogens (tertiary/aromatic N) is 4. The van der Waals surface area contributed by atoms with E-state index in [1.807, 2.05) is 32.2 Å². The van der Waals surface area contributed by atoms with Gasteiger partial charge in [-0.3, -0.25) is 4.68 Å². The molecule has 1 aromatic carbocycles. The van der Waals surface area contributed by atoms with Crippen LogP contribution in [0.3, 0.4) is 0 Å². The fourth-order valence-corrected chi connectivity index (χ4v) is 3.05. The molecule has 1 unspecified atom stereocenters. The molecule has 9 heteroatoms. The Labute approximate surface area is 143 Å². The maximum absolute atomic E-state index is 12.5. The number of aryl methyl sites for hydroxylation is 2. The first-order chi connectivity index (χ1) is 11.6. The molecule has 24 heavy (non-hydrogen) atoms. The predicted molar refractivity (Wildman–Crippen MR) is 92.1 cm³/mol. The highest BCUT2D eigenvalue weighted by molar-refractivity contribution is 7.00. The number of fused-ring (bicyclic) bond motifs is 1. The highest BCUT2D eigenvalue weighted by atomic mass is 32.1. The number of amides is 2. The van der Waals surface area contributed by atoms with Crippen LogP contribution in [0.1, 0.15) is 17.3 Å². The molecule has 8 nitrogen and oxygen atoms in total. The molecule has 2 aromatic heterocycles. The Balaban J connectivity index is 1.79. The normalized spacial score (nSPS) is 12.3. The zero-order chi connectivity index (χ0) is 17.1. The van der Waals surface area contributed by atoms with Gasteiger partial charge in [-0.1, -0.05) is 6.07 Å². The van der Waals surface area contributed by atoms with Crippen molar-refractivity contribution in [3.05, 3.63) is 35.7 Å². The third-order valence-electron chi connectivity index (χ3n) is 3.73. The first kappa shape index (κ1) is 16.3. The fourth-order valence-electron chi connectivity index (χ4n) is 2.51. The van der Waals surface area contributed by atoms with Gasteiger partial charge in [-0.05, 0) is 24.6 Å². The van der Waals surface area contributed by atoms with Crippen LogP contribution in [0.5, 0.6) is 0 Å². The lowest BCUT2D eigenvalue weighted by Crippen LogP contribution is -2.36. The molecule has 0 fully saturated rings.